The monoisotopic (exact) mass is 920 g/mol. The Balaban J connectivity index is 0.697. The Kier molecular flexibility index (Phi) is 9.74. The van der Waals surface area contributed by atoms with Crippen LogP contribution in [0.1, 0.15) is 59.9 Å². The van der Waals surface area contributed by atoms with E-state index in [0.29, 0.717) is 16.4 Å². The second kappa shape index (κ2) is 16.5. The van der Waals surface area contributed by atoms with Crippen molar-refractivity contribution < 1.29 is 0 Å². The minimum atomic E-state index is 0.417. The SMILES string of the molecule is CC1CC(c2cccc3c4ccccc4n(-c4ccccc4)c23)=Cc2ccc(C3=CCC(C4CC=C(c5ccc6cc(-c7cccc8c9ccccc9n(-c9ccccc9)c78)ccc6c5)S4)S3)cc21. The molecule has 3 aliphatic rings. The number of fused-ring (bicyclic) bond motifs is 8. The largest absolute Gasteiger partial charge is 0.309 e. The molecule has 330 valence electrons. The number of aromatic nitrogens is 2. The fourth-order valence-corrected chi connectivity index (χ4v) is 14.5. The van der Waals surface area contributed by atoms with Crippen molar-refractivity contribution in [3.8, 4) is 22.5 Å². The van der Waals surface area contributed by atoms with E-state index >= 15 is 0 Å². The topological polar surface area (TPSA) is 9.86 Å². The number of rotatable bonds is 7. The molecule has 69 heavy (non-hydrogen) atoms. The first-order valence-corrected chi connectivity index (χ1v) is 26.2. The standard InChI is InChI=1S/C65H48N2S2/c1-41-36-48(52-21-13-23-56-54-19-9-11-25-59(54)67(65(52)56)50-16-6-3-7-17-50)39-45-29-31-47(40-57(41)45)61-33-35-63(69-61)62-34-32-60(68-62)46-30-27-42-37-44(28-26-43(42)38-46)51-20-12-22-55-53-18-8-10-24-58(53)66(64(51)55)49-14-4-2-5-15-49/h2-33,37-41,62-63H,34-36H2,1H3. The van der Waals surface area contributed by atoms with Gasteiger partial charge in [-0.25, -0.2) is 0 Å². The van der Waals surface area contributed by atoms with E-state index in [1.807, 2.05) is 0 Å². The molecule has 0 saturated heterocycles. The Labute approximate surface area is 411 Å². The second-order valence-electron chi connectivity index (χ2n) is 19.1. The van der Waals surface area contributed by atoms with Crippen molar-refractivity contribution in [1.29, 1.82) is 0 Å². The van der Waals surface area contributed by atoms with Crippen LogP contribution in [0.2, 0.25) is 0 Å². The van der Waals surface area contributed by atoms with Crippen LogP contribution in [-0.4, -0.2) is 19.6 Å². The van der Waals surface area contributed by atoms with E-state index in [2.05, 4.69) is 258 Å². The van der Waals surface area contributed by atoms with Crippen LogP contribution in [0.3, 0.4) is 0 Å². The van der Waals surface area contributed by atoms with Gasteiger partial charge in [0.05, 0.1) is 22.1 Å². The summed E-state index contributed by atoms with van der Waals surface area (Å²) in [5, 5.41) is 8.85. The lowest BCUT2D eigenvalue weighted by molar-refractivity contribution is 0.783. The maximum absolute atomic E-state index is 2.51. The highest BCUT2D eigenvalue weighted by Gasteiger charge is 2.32. The van der Waals surface area contributed by atoms with Crippen molar-refractivity contribution >= 4 is 99.4 Å². The summed E-state index contributed by atoms with van der Waals surface area (Å²) < 4.78 is 4.90. The van der Waals surface area contributed by atoms with Gasteiger partial charge in [-0.15, -0.1) is 23.5 Å². The van der Waals surface area contributed by atoms with Crippen molar-refractivity contribution in [2.24, 2.45) is 0 Å². The van der Waals surface area contributed by atoms with Gasteiger partial charge in [-0.3, -0.25) is 0 Å². The number of hydrogen-bond acceptors (Lipinski definition) is 2. The Hall–Kier alpha value is -7.24. The fourth-order valence-electron chi connectivity index (χ4n) is 11.7. The molecule has 0 spiro atoms. The molecule has 0 radical (unpaired) electrons. The lowest BCUT2D eigenvalue weighted by Crippen LogP contribution is -2.14. The highest BCUT2D eigenvalue weighted by atomic mass is 32.2. The molecule has 3 atom stereocenters. The van der Waals surface area contributed by atoms with E-state index in [9.17, 15) is 0 Å². The molecule has 11 aromatic rings. The maximum atomic E-state index is 2.51. The van der Waals surface area contributed by atoms with E-state index in [4.69, 9.17) is 0 Å². The summed E-state index contributed by atoms with van der Waals surface area (Å²) in [6.45, 7) is 2.42. The normalized spacial score (nSPS) is 18.0. The summed E-state index contributed by atoms with van der Waals surface area (Å²) >= 11 is 4.19. The summed E-state index contributed by atoms with van der Waals surface area (Å²) in [7, 11) is 0. The zero-order chi connectivity index (χ0) is 45.6. The Morgan fingerprint density at radius 1 is 0.435 bits per heavy atom. The van der Waals surface area contributed by atoms with Gasteiger partial charge in [-0.2, -0.15) is 0 Å². The minimum absolute atomic E-state index is 0.417. The first-order valence-electron chi connectivity index (χ1n) is 24.4. The van der Waals surface area contributed by atoms with Gasteiger partial charge in [-0.1, -0.05) is 171 Å². The summed E-state index contributed by atoms with van der Waals surface area (Å²) in [6, 6.07) is 74.3. The Morgan fingerprint density at radius 2 is 0.928 bits per heavy atom. The van der Waals surface area contributed by atoms with Crippen LogP contribution in [0.4, 0.5) is 0 Å². The zero-order valence-corrected chi connectivity index (χ0v) is 40.0. The number of hydrogen-bond donors (Lipinski definition) is 0. The zero-order valence-electron chi connectivity index (χ0n) is 38.3. The molecule has 1 aliphatic carbocycles. The quantitative estimate of drug-likeness (QED) is 0.158. The van der Waals surface area contributed by atoms with Crippen LogP contribution in [0.15, 0.2) is 212 Å². The van der Waals surface area contributed by atoms with Crippen LogP contribution >= 0.6 is 23.5 Å². The molecule has 2 aliphatic heterocycles. The fraction of sp³-hybridized carbons (Fsp3) is 0.108. The molecule has 0 fully saturated rings. The van der Waals surface area contributed by atoms with Crippen LogP contribution in [0.25, 0.3) is 98.3 Å². The maximum Gasteiger partial charge on any atom is 0.0619 e. The summed E-state index contributed by atoms with van der Waals surface area (Å²) in [6.07, 6.45) is 10.7. The van der Waals surface area contributed by atoms with E-state index < -0.39 is 0 Å². The lowest BCUT2D eigenvalue weighted by Gasteiger charge is -2.25. The summed E-state index contributed by atoms with van der Waals surface area (Å²) in [5.41, 5.74) is 18.2. The molecule has 4 heterocycles. The van der Waals surface area contributed by atoms with Crippen LogP contribution < -0.4 is 0 Å². The third-order valence-corrected chi connectivity index (χ3v) is 18.1. The van der Waals surface area contributed by atoms with Gasteiger partial charge in [0.25, 0.3) is 0 Å². The smallest absolute Gasteiger partial charge is 0.0619 e. The molecular weight excluding hydrogens is 873 g/mol. The van der Waals surface area contributed by atoms with Crippen molar-refractivity contribution in [2.45, 2.75) is 42.6 Å². The number of para-hydroxylation sites is 6. The molecule has 0 bridgehead atoms. The molecule has 0 N–H and O–H groups in total. The Bertz CT molecular complexity index is 3960. The second-order valence-corrected chi connectivity index (χ2v) is 21.7. The van der Waals surface area contributed by atoms with Gasteiger partial charge < -0.3 is 9.13 Å². The van der Waals surface area contributed by atoms with Crippen LogP contribution in [0.5, 0.6) is 0 Å². The number of benzene rings is 9. The molecule has 0 saturated carbocycles. The minimum Gasteiger partial charge on any atom is -0.309 e. The van der Waals surface area contributed by atoms with E-state index in [-0.39, 0.29) is 0 Å². The molecule has 2 nitrogen and oxygen atoms in total. The average molecular weight is 921 g/mol. The molecule has 4 heteroatoms. The Morgan fingerprint density at radius 3 is 1.55 bits per heavy atom. The highest BCUT2D eigenvalue weighted by molar-refractivity contribution is 8.12. The van der Waals surface area contributed by atoms with E-state index in [0.717, 1.165) is 19.3 Å². The highest BCUT2D eigenvalue weighted by Crippen LogP contribution is 2.51. The van der Waals surface area contributed by atoms with Crippen molar-refractivity contribution in [2.75, 3.05) is 0 Å². The third kappa shape index (κ3) is 6.79. The third-order valence-electron chi connectivity index (χ3n) is 15.0. The van der Waals surface area contributed by atoms with E-state index in [1.54, 1.807) is 0 Å². The molecule has 9 aromatic carbocycles. The number of thioether (sulfide) groups is 2. The van der Waals surface area contributed by atoms with Crippen molar-refractivity contribution in [1.82, 2.24) is 9.13 Å². The van der Waals surface area contributed by atoms with Crippen molar-refractivity contribution in [3.63, 3.8) is 0 Å². The van der Waals surface area contributed by atoms with Gasteiger partial charge >= 0.3 is 0 Å². The molecular formula is C65H48N2S2. The van der Waals surface area contributed by atoms with Gasteiger partial charge in [-0.05, 0) is 124 Å². The molecule has 3 unspecified atom stereocenters. The van der Waals surface area contributed by atoms with Gasteiger partial charge in [0.15, 0.2) is 0 Å². The molecule has 14 rings (SSSR count). The number of nitrogens with zero attached hydrogens (tertiary/aromatic N) is 2. The first-order chi connectivity index (χ1) is 34.1. The predicted molar refractivity (Wildman–Crippen MR) is 300 cm³/mol. The molecule has 2 aromatic heterocycles. The molecule has 0 amide bonds. The van der Waals surface area contributed by atoms with Crippen LogP contribution in [-0.2, 0) is 0 Å². The van der Waals surface area contributed by atoms with Crippen molar-refractivity contribution in [3.05, 3.63) is 240 Å². The van der Waals surface area contributed by atoms with Crippen LogP contribution in [0, 0.1) is 0 Å². The number of allylic oxidation sites excluding steroid dienone is 3. The van der Waals surface area contributed by atoms with Gasteiger partial charge in [0, 0.05) is 64.4 Å². The van der Waals surface area contributed by atoms with Gasteiger partial charge in [0.1, 0.15) is 0 Å². The van der Waals surface area contributed by atoms with Gasteiger partial charge in [0.2, 0.25) is 0 Å². The summed E-state index contributed by atoms with van der Waals surface area (Å²) in [5.74, 6) is 0.417. The average Bonchev–Trinajstić information content (AvgIpc) is 4.23. The first kappa shape index (κ1) is 40.8. The lowest BCUT2D eigenvalue weighted by atomic mass is 9.81. The van der Waals surface area contributed by atoms with E-state index in [1.165, 1.54) is 120 Å². The predicted octanol–water partition coefficient (Wildman–Crippen LogP) is 18.1. The summed E-state index contributed by atoms with van der Waals surface area (Å²) in [4.78, 5) is 2.86.